The zero-order valence-electron chi connectivity index (χ0n) is 17.8. The molecule has 0 unspecified atom stereocenters. The highest BCUT2D eigenvalue weighted by molar-refractivity contribution is 6.04. The van der Waals surface area contributed by atoms with E-state index in [1.165, 1.54) is 5.56 Å². The van der Waals surface area contributed by atoms with Gasteiger partial charge < -0.3 is 14.8 Å². The van der Waals surface area contributed by atoms with Crippen LogP contribution in [0.25, 0.3) is 6.08 Å². The number of rotatable bonds is 6. The van der Waals surface area contributed by atoms with Crippen LogP contribution in [0.3, 0.4) is 0 Å². The van der Waals surface area contributed by atoms with Crippen LogP contribution in [-0.4, -0.2) is 47.0 Å². The van der Waals surface area contributed by atoms with E-state index in [0.29, 0.717) is 17.1 Å². The first-order chi connectivity index (χ1) is 15.8. The lowest BCUT2D eigenvalue weighted by Gasteiger charge is -2.32. The fraction of sp³-hybridized carbons (Fsp3) is 0.280. The van der Waals surface area contributed by atoms with Crippen molar-refractivity contribution in [3.63, 3.8) is 0 Å². The summed E-state index contributed by atoms with van der Waals surface area (Å²) in [5.41, 5.74) is 1.75. The van der Waals surface area contributed by atoms with E-state index >= 15 is 0 Å². The van der Waals surface area contributed by atoms with Gasteiger partial charge in [-0.15, -0.1) is 0 Å². The topological polar surface area (TPSA) is 68.6 Å². The Morgan fingerprint density at radius 3 is 2.72 bits per heavy atom. The Bertz CT molecular complexity index is 1100. The molecule has 0 bridgehead atoms. The fourth-order valence-corrected chi connectivity index (χ4v) is 4.18. The molecule has 3 heterocycles. The first kappa shape index (κ1) is 20.3. The van der Waals surface area contributed by atoms with Crippen LogP contribution in [0.4, 0.5) is 5.82 Å². The molecule has 32 heavy (non-hydrogen) atoms. The molecule has 3 aromatic rings. The second-order valence-corrected chi connectivity index (χ2v) is 8.03. The zero-order valence-corrected chi connectivity index (χ0v) is 17.8. The van der Waals surface area contributed by atoms with Crippen LogP contribution in [0.15, 0.2) is 66.9 Å². The molecule has 7 nitrogen and oxygen atoms in total. The Labute approximate surface area is 187 Å². The van der Waals surface area contributed by atoms with E-state index in [1.807, 2.05) is 16.8 Å². The average molecular weight is 431 g/mol. The number of carbonyl (C=O) groups is 1. The number of nitrogens with one attached hydrogen (secondary N) is 1. The van der Waals surface area contributed by atoms with Gasteiger partial charge in [0.2, 0.25) is 6.79 Å². The second kappa shape index (κ2) is 9.28. The quantitative estimate of drug-likeness (QED) is 0.634. The first-order valence-corrected chi connectivity index (χ1v) is 10.9. The summed E-state index contributed by atoms with van der Waals surface area (Å²) in [5.74, 6) is 1.79. The fourth-order valence-electron chi connectivity index (χ4n) is 4.18. The van der Waals surface area contributed by atoms with Crippen LogP contribution in [0.2, 0.25) is 0 Å². The summed E-state index contributed by atoms with van der Waals surface area (Å²) >= 11 is 0. The molecule has 164 valence electrons. The van der Waals surface area contributed by atoms with Crippen molar-refractivity contribution in [1.29, 1.82) is 0 Å². The summed E-state index contributed by atoms with van der Waals surface area (Å²) in [4.78, 5) is 15.2. The van der Waals surface area contributed by atoms with E-state index in [-0.39, 0.29) is 18.7 Å². The highest BCUT2D eigenvalue weighted by atomic mass is 16.7. The van der Waals surface area contributed by atoms with E-state index in [0.717, 1.165) is 38.3 Å². The summed E-state index contributed by atoms with van der Waals surface area (Å²) in [7, 11) is 0. The summed E-state index contributed by atoms with van der Waals surface area (Å²) in [6.45, 7) is 3.13. The van der Waals surface area contributed by atoms with E-state index < -0.39 is 0 Å². The SMILES string of the molecule is O=C(Nc1ccnn1C1CCN(C/C=C/c2ccccc2)CC1)c1ccc2c(c1)OCO2. The third-order valence-corrected chi connectivity index (χ3v) is 5.92. The number of ether oxygens (including phenoxy) is 2. The van der Waals surface area contributed by atoms with E-state index in [1.54, 1.807) is 24.4 Å². The molecule has 1 fully saturated rings. The van der Waals surface area contributed by atoms with Crippen molar-refractivity contribution in [2.24, 2.45) is 0 Å². The van der Waals surface area contributed by atoms with E-state index in [4.69, 9.17) is 9.47 Å². The Morgan fingerprint density at radius 2 is 1.88 bits per heavy atom. The Kier molecular flexibility index (Phi) is 5.89. The maximum atomic E-state index is 12.8. The van der Waals surface area contributed by atoms with Crippen molar-refractivity contribution in [3.05, 3.63) is 78.0 Å². The molecule has 2 aromatic carbocycles. The van der Waals surface area contributed by atoms with E-state index in [9.17, 15) is 4.79 Å². The minimum Gasteiger partial charge on any atom is -0.454 e. The number of benzene rings is 2. The van der Waals surface area contributed by atoms with Gasteiger partial charge in [-0.1, -0.05) is 42.5 Å². The molecule has 2 aliphatic heterocycles. The van der Waals surface area contributed by atoms with Gasteiger partial charge in [0.25, 0.3) is 5.91 Å². The normalized spacial score (nSPS) is 16.5. The van der Waals surface area contributed by atoms with Crippen LogP contribution in [-0.2, 0) is 0 Å². The maximum Gasteiger partial charge on any atom is 0.256 e. The predicted octanol–water partition coefficient (Wildman–Crippen LogP) is 4.21. The lowest BCUT2D eigenvalue weighted by atomic mass is 10.1. The minimum atomic E-state index is -0.187. The van der Waals surface area contributed by atoms with Crippen molar-refractivity contribution in [3.8, 4) is 11.5 Å². The summed E-state index contributed by atoms with van der Waals surface area (Å²) in [5, 5.41) is 7.50. The molecule has 0 spiro atoms. The monoisotopic (exact) mass is 430 g/mol. The number of anilines is 1. The molecule has 1 aromatic heterocycles. The molecule has 2 aliphatic rings. The number of hydrogen-bond donors (Lipinski definition) is 1. The molecule has 7 heteroatoms. The van der Waals surface area contributed by atoms with Gasteiger partial charge in [0.15, 0.2) is 11.5 Å². The number of aromatic nitrogens is 2. The molecular formula is C25H26N4O3. The van der Waals surface area contributed by atoms with Crippen LogP contribution in [0, 0.1) is 0 Å². The highest BCUT2D eigenvalue weighted by Crippen LogP contribution is 2.33. The molecule has 1 saturated heterocycles. The van der Waals surface area contributed by atoms with Gasteiger partial charge >= 0.3 is 0 Å². The molecular weight excluding hydrogens is 404 g/mol. The summed E-state index contributed by atoms with van der Waals surface area (Å²) < 4.78 is 12.6. The van der Waals surface area contributed by atoms with Crippen molar-refractivity contribution < 1.29 is 14.3 Å². The molecule has 1 N–H and O–H groups in total. The summed E-state index contributed by atoms with van der Waals surface area (Å²) in [6.07, 6.45) is 8.12. The van der Waals surface area contributed by atoms with Crippen LogP contribution in [0.5, 0.6) is 11.5 Å². The minimum absolute atomic E-state index is 0.187. The number of carbonyl (C=O) groups excluding carboxylic acids is 1. The van der Waals surface area contributed by atoms with Gasteiger partial charge in [-0.3, -0.25) is 9.69 Å². The van der Waals surface area contributed by atoms with Gasteiger partial charge in [0.05, 0.1) is 12.2 Å². The number of amides is 1. The second-order valence-electron chi connectivity index (χ2n) is 8.03. The molecule has 0 aliphatic carbocycles. The van der Waals surface area contributed by atoms with Crippen LogP contribution in [0.1, 0.15) is 34.8 Å². The molecule has 0 saturated carbocycles. The number of hydrogen-bond acceptors (Lipinski definition) is 5. The van der Waals surface area contributed by atoms with Gasteiger partial charge in [0, 0.05) is 31.3 Å². The molecule has 0 atom stereocenters. The number of fused-ring (bicyclic) bond motifs is 1. The van der Waals surface area contributed by atoms with Crippen molar-refractivity contribution in [1.82, 2.24) is 14.7 Å². The zero-order chi connectivity index (χ0) is 21.8. The Morgan fingerprint density at radius 1 is 1.06 bits per heavy atom. The standard InChI is InChI=1S/C25H26N4O3/c30-25(20-8-9-22-23(17-20)32-18-31-22)27-24-10-13-26-29(24)21-11-15-28(16-12-21)14-4-7-19-5-2-1-3-6-19/h1-10,13,17,21H,11-12,14-16,18H2,(H,27,30)/b7-4+. The van der Waals surface area contributed by atoms with Crippen LogP contribution >= 0.6 is 0 Å². The first-order valence-electron chi connectivity index (χ1n) is 10.9. The Hall–Kier alpha value is -3.58. The molecule has 0 radical (unpaired) electrons. The van der Waals surface area contributed by atoms with Gasteiger partial charge in [-0.05, 0) is 36.6 Å². The number of piperidine rings is 1. The predicted molar refractivity (Wildman–Crippen MR) is 123 cm³/mol. The largest absolute Gasteiger partial charge is 0.454 e. The van der Waals surface area contributed by atoms with Crippen molar-refractivity contribution in [2.75, 3.05) is 31.7 Å². The van der Waals surface area contributed by atoms with Gasteiger partial charge in [0.1, 0.15) is 5.82 Å². The van der Waals surface area contributed by atoms with Crippen molar-refractivity contribution in [2.45, 2.75) is 18.9 Å². The third-order valence-electron chi connectivity index (χ3n) is 5.92. The maximum absolute atomic E-state index is 12.8. The molecule has 5 rings (SSSR count). The number of likely N-dealkylation sites (tertiary alicyclic amines) is 1. The molecule has 1 amide bonds. The van der Waals surface area contributed by atoms with Crippen molar-refractivity contribution >= 4 is 17.8 Å². The lowest BCUT2D eigenvalue weighted by molar-refractivity contribution is 0.102. The third kappa shape index (κ3) is 4.53. The average Bonchev–Trinajstić information content (AvgIpc) is 3.49. The van der Waals surface area contributed by atoms with Gasteiger partial charge in [-0.2, -0.15) is 5.10 Å². The van der Waals surface area contributed by atoms with Crippen LogP contribution < -0.4 is 14.8 Å². The smallest absolute Gasteiger partial charge is 0.256 e. The lowest BCUT2D eigenvalue weighted by Crippen LogP contribution is -2.35. The van der Waals surface area contributed by atoms with Gasteiger partial charge in [-0.25, -0.2) is 4.68 Å². The van der Waals surface area contributed by atoms with E-state index in [2.05, 4.69) is 51.7 Å². The Balaban J connectivity index is 1.16. The highest BCUT2D eigenvalue weighted by Gasteiger charge is 2.23. The number of nitrogens with zero attached hydrogens (tertiary/aromatic N) is 3. The summed E-state index contributed by atoms with van der Waals surface area (Å²) in [6, 6.07) is 17.7.